The molecule has 0 saturated carbocycles. The van der Waals surface area contributed by atoms with Crippen LogP contribution >= 0.6 is 11.3 Å². The zero-order valence-electron chi connectivity index (χ0n) is 7.55. The Labute approximate surface area is 86.1 Å². The molecule has 0 aliphatic carbocycles. The van der Waals surface area contributed by atoms with Gasteiger partial charge < -0.3 is 5.73 Å². The molecule has 2 N–H and O–H groups in total. The molecule has 0 fully saturated rings. The average Bonchev–Trinajstić information content (AvgIpc) is 2.69. The number of anilines is 1. The first-order valence-corrected chi connectivity index (χ1v) is 4.67. The SMILES string of the molecule is C=C.Nc1ncc(-c2cccnn2)s1. The fraction of sp³-hybridized carbons (Fsp3) is 0. The summed E-state index contributed by atoms with van der Waals surface area (Å²) in [6, 6.07) is 3.71. The summed E-state index contributed by atoms with van der Waals surface area (Å²) in [4.78, 5) is 4.87. The summed E-state index contributed by atoms with van der Waals surface area (Å²) in [6.07, 6.45) is 3.33. The van der Waals surface area contributed by atoms with Crippen LogP contribution in [0.25, 0.3) is 10.6 Å². The van der Waals surface area contributed by atoms with Crippen molar-refractivity contribution in [3.05, 3.63) is 37.7 Å². The maximum atomic E-state index is 5.48. The van der Waals surface area contributed by atoms with Gasteiger partial charge >= 0.3 is 0 Å². The van der Waals surface area contributed by atoms with Gasteiger partial charge in [0.1, 0.15) is 5.69 Å². The quantitative estimate of drug-likeness (QED) is 0.725. The van der Waals surface area contributed by atoms with Crippen molar-refractivity contribution in [2.45, 2.75) is 0 Å². The van der Waals surface area contributed by atoms with Crippen LogP contribution in [-0.4, -0.2) is 15.2 Å². The van der Waals surface area contributed by atoms with Crippen molar-refractivity contribution >= 4 is 16.5 Å². The predicted molar refractivity (Wildman–Crippen MR) is 58.8 cm³/mol. The van der Waals surface area contributed by atoms with E-state index in [1.807, 2.05) is 12.1 Å². The van der Waals surface area contributed by atoms with Crippen molar-refractivity contribution in [1.29, 1.82) is 0 Å². The first-order chi connectivity index (χ1) is 6.86. The summed E-state index contributed by atoms with van der Waals surface area (Å²) >= 11 is 1.40. The Morgan fingerprint density at radius 3 is 2.64 bits per heavy atom. The molecule has 0 atom stereocenters. The van der Waals surface area contributed by atoms with Crippen LogP contribution in [0.2, 0.25) is 0 Å². The van der Waals surface area contributed by atoms with E-state index in [9.17, 15) is 0 Å². The molecular weight excluding hydrogens is 196 g/mol. The number of nitrogens with two attached hydrogens (primary N) is 1. The maximum absolute atomic E-state index is 5.48. The smallest absolute Gasteiger partial charge is 0.180 e. The van der Waals surface area contributed by atoms with Gasteiger partial charge in [-0.05, 0) is 12.1 Å². The molecule has 2 rings (SSSR count). The van der Waals surface area contributed by atoms with Crippen LogP contribution in [0.4, 0.5) is 5.13 Å². The second kappa shape index (κ2) is 5.08. The molecule has 2 aromatic rings. The Kier molecular flexibility index (Phi) is 3.75. The van der Waals surface area contributed by atoms with Crippen LogP contribution in [0.1, 0.15) is 0 Å². The molecule has 72 valence electrons. The molecule has 2 heterocycles. The molecule has 0 unspecified atom stereocenters. The highest BCUT2D eigenvalue weighted by Gasteiger charge is 2.01. The van der Waals surface area contributed by atoms with Gasteiger partial charge in [-0.1, -0.05) is 11.3 Å². The summed E-state index contributed by atoms with van der Waals surface area (Å²) in [5.74, 6) is 0. The van der Waals surface area contributed by atoms with Crippen molar-refractivity contribution in [1.82, 2.24) is 15.2 Å². The van der Waals surface area contributed by atoms with Gasteiger partial charge in [0.15, 0.2) is 5.13 Å². The lowest BCUT2D eigenvalue weighted by Gasteiger charge is -1.89. The molecule has 0 amide bonds. The van der Waals surface area contributed by atoms with E-state index in [4.69, 9.17) is 5.73 Å². The van der Waals surface area contributed by atoms with Crippen LogP contribution in [0.15, 0.2) is 37.7 Å². The first-order valence-electron chi connectivity index (χ1n) is 3.85. The second-order valence-electron chi connectivity index (χ2n) is 2.17. The minimum atomic E-state index is 0.552. The van der Waals surface area contributed by atoms with Crippen LogP contribution in [0.5, 0.6) is 0 Å². The van der Waals surface area contributed by atoms with Gasteiger partial charge in [0, 0.05) is 12.4 Å². The van der Waals surface area contributed by atoms with Gasteiger partial charge in [-0.2, -0.15) is 5.10 Å². The number of aromatic nitrogens is 3. The Bertz CT molecular complexity index is 385. The van der Waals surface area contributed by atoms with Gasteiger partial charge in [0.05, 0.1) is 4.88 Å². The number of nitrogens with zero attached hydrogens (tertiary/aromatic N) is 3. The van der Waals surface area contributed by atoms with Crippen molar-refractivity contribution in [2.75, 3.05) is 5.73 Å². The zero-order chi connectivity index (χ0) is 10.4. The molecule has 0 aliphatic heterocycles. The number of hydrogen-bond donors (Lipinski definition) is 1. The van der Waals surface area contributed by atoms with Crippen molar-refractivity contribution in [3.63, 3.8) is 0 Å². The summed E-state index contributed by atoms with van der Waals surface area (Å²) in [7, 11) is 0. The van der Waals surface area contributed by atoms with E-state index in [1.165, 1.54) is 11.3 Å². The van der Waals surface area contributed by atoms with E-state index in [-0.39, 0.29) is 0 Å². The standard InChI is InChI=1S/C7H6N4S.C2H4/c8-7-9-4-6(12-7)5-2-1-3-10-11-5;1-2/h1-4H,(H2,8,9);1-2H2. The number of hydrogen-bond acceptors (Lipinski definition) is 5. The minimum absolute atomic E-state index is 0.552. The van der Waals surface area contributed by atoms with Crippen molar-refractivity contribution < 1.29 is 0 Å². The highest BCUT2D eigenvalue weighted by atomic mass is 32.1. The normalized spacial score (nSPS) is 8.86. The van der Waals surface area contributed by atoms with Gasteiger partial charge in [-0.25, -0.2) is 4.98 Å². The van der Waals surface area contributed by atoms with Gasteiger partial charge in [0.2, 0.25) is 0 Å². The lowest BCUT2D eigenvalue weighted by molar-refractivity contribution is 1.04. The molecule has 0 saturated heterocycles. The predicted octanol–water partition coefficient (Wildman–Crippen LogP) is 1.98. The Balaban J connectivity index is 0.000000461. The van der Waals surface area contributed by atoms with E-state index in [2.05, 4.69) is 28.3 Å². The largest absolute Gasteiger partial charge is 0.375 e. The van der Waals surface area contributed by atoms with Crippen LogP contribution in [0.3, 0.4) is 0 Å². The van der Waals surface area contributed by atoms with E-state index in [1.54, 1.807) is 12.4 Å². The molecule has 0 radical (unpaired) electrons. The molecule has 5 heteroatoms. The molecule has 2 aromatic heterocycles. The van der Waals surface area contributed by atoms with E-state index >= 15 is 0 Å². The van der Waals surface area contributed by atoms with E-state index in [0.717, 1.165) is 10.6 Å². The average molecular weight is 206 g/mol. The maximum Gasteiger partial charge on any atom is 0.180 e. The molecule has 4 nitrogen and oxygen atoms in total. The van der Waals surface area contributed by atoms with Crippen molar-refractivity contribution in [3.8, 4) is 10.6 Å². The second-order valence-corrected chi connectivity index (χ2v) is 3.23. The Hall–Kier alpha value is -1.75. The lowest BCUT2D eigenvalue weighted by Crippen LogP contribution is -1.81. The van der Waals surface area contributed by atoms with Crippen LogP contribution < -0.4 is 5.73 Å². The number of thiazole rings is 1. The molecule has 0 aliphatic rings. The topological polar surface area (TPSA) is 64.7 Å². The van der Waals surface area contributed by atoms with Crippen LogP contribution in [-0.2, 0) is 0 Å². The molecule has 0 aromatic carbocycles. The van der Waals surface area contributed by atoms with E-state index < -0.39 is 0 Å². The lowest BCUT2D eigenvalue weighted by atomic mass is 10.3. The Morgan fingerprint density at radius 1 is 1.36 bits per heavy atom. The van der Waals surface area contributed by atoms with Gasteiger partial charge in [0.25, 0.3) is 0 Å². The fourth-order valence-corrected chi connectivity index (χ4v) is 1.49. The number of nitrogen functional groups attached to an aromatic ring is 1. The monoisotopic (exact) mass is 206 g/mol. The summed E-state index contributed by atoms with van der Waals surface area (Å²) in [5.41, 5.74) is 6.29. The first kappa shape index (κ1) is 10.3. The third-order valence-electron chi connectivity index (χ3n) is 1.35. The van der Waals surface area contributed by atoms with Crippen molar-refractivity contribution in [2.24, 2.45) is 0 Å². The Morgan fingerprint density at radius 2 is 2.14 bits per heavy atom. The van der Waals surface area contributed by atoms with Crippen LogP contribution in [0, 0.1) is 0 Å². The molecule has 0 spiro atoms. The fourth-order valence-electron chi connectivity index (χ4n) is 0.839. The van der Waals surface area contributed by atoms with E-state index in [0.29, 0.717) is 5.13 Å². The third-order valence-corrected chi connectivity index (χ3v) is 2.20. The summed E-state index contributed by atoms with van der Waals surface area (Å²) in [6.45, 7) is 6.00. The van der Waals surface area contributed by atoms with Gasteiger partial charge in [-0.3, -0.25) is 0 Å². The zero-order valence-corrected chi connectivity index (χ0v) is 8.37. The third kappa shape index (κ3) is 2.37. The van der Waals surface area contributed by atoms with Gasteiger partial charge in [-0.15, -0.1) is 18.3 Å². The molecular formula is C9H10N4S. The number of rotatable bonds is 1. The minimum Gasteiger partial charge on any atom is -0.375 e. The molecule has 0 bridgehead atoms. The molecule has 14 heavy (non-hydrogen) atoms. The summed E-state index contributed by atoms with van der Waals surface area (Å²) in [5, 5.41) is 8.24. The highest BCUT2D eigenvalue weighted by Crippen LogP contribution is 2.24. The highest BCUT2D eigenvalue weighted by molar-refractivity contribution is 7.18. The summed E-state index contributed by atoms with van der Waals surface area (Å²) < 4.78 is 0.